The lowest BCUT2D eigenvalue weighted by molar-refractivity contribution is 0.969. The van der Waals surface area contributed by atoms with Crippen molar-refractivity contribution in [2.24, 2.45) is 0 Å². The third-order valence-electron chi connectivity index (χ3n) is 2.20. The first-order valence-corrected chi connectivity index (χ1v) is 5.05. The van der Waals surface area contributed by atoms with Crippen LogP contribution in [-0.2, 0) is 0 Å². The van der Waals surface area contributed by atoms with Crippen molar-refractivity contribution in [1.29, 1.82) is 0 Å². The molecular weight excluding hydrogens is 188 g/mol. The van der Waals surface area contributed by atoms with Crippen LogP contribution >= 0.6 is 0 Å². The molecule has 0 unspecified atom stereocenters. The van der Waals surface area contributed by atoms with Crippen LogP contribution in [0.3, 0.4) is 0 Å². The van der Waals surface area contributed by atoms with E-state index in [4.69, 9.17) is 5.73 Å². The predicted octanol–water partition coefficient (Wildman–Crippen LogP) is 2.03. The number of nitrogen functional groups attached to an aromatic ring is 1. The van der Waals surface area contributed by atoms with E-state index in [0.717, 1.165) is 35.4 Å². The van der Waals surface area contributed by atoms with Crippen LogP contribution < -0.4 is 11.1 Å². The van der Waals surface area contributed by atoms with Gasteiger partial charge in [0.1, 0.15) is 12.1 Å². The van der Waals surface area contributed by atoms with Gasteiger partial charge in [0.25, 0.3) is 0 Å². The van der Waals surface area contributed by atoms with Crippen molar-refractivity contribution in [3.8, 4) is 0 Å². The van der Waals surface area contributed by atoms with Crippen LogP contribution in [-0.4, -0.2) is 16.5 Å². The zero-order chi connectivity index (χ0) is 10.7. The number of benzene rings is 1. The summed E-state index contributed by atoms with van der Waals surface area (Å²) in [6, 6.07) is 5.65. The van der Waals surface area contributed by atoms with Crippen molar-refractivity contribution >= 4 is 22.4 Å². The summed E-state index contributed by atoms with van der Waals surface area (Å²) in [5.41, 5.74) is 7.39. The van der Waals surface area contributed by atoms with Gasteiger partial charge in [0.05, 0.1) is 5.52 Å². The van der Waals surface area contributed by atoms with Gasteiger partial charge in [-0.1, -0.05) is 6.92 Å². The number of nitrogens with two attached hydrogens (primary N) is 1. The Labute approximate surface area is 88.5 Å². The molecule has 0 aliphatic rings. The average Bonchev–Trinajstić information content (AvgIpc) is 2.26. The van der Waals surface area contributed by atoms with Gasteiger partial charge < -0.3 is 11.1 Å². The summed E-state index contributed by atoms with van der Waals surface area (Å²) in [5.74, 6) is 0.856. The van der Waals surface area contributed by atoms with Gasteiger partial charge in [-0.25, -0.2) is 9.97 Å². The average molecular weight is 202 g/mol. The maximum absolute atomic E-state index is 5.74. The fourth-order valence-electron chi connectivity index (χ4n) is 1.46. The van der Waals surface area contributed by atoms with Gasteiger partial charge in [0, 0.05) is 17.6 Å². The van der Waals surface area contributed by atoms with Gasteiger partial charge in [0.2, 0.25) is 0 Å². The maximum Gasteiger partial charge on any atom is 0.137 e. The van der Waals surface area contributed by atoms with Crippen LogP contribution in [0, 0.1) is 0 Å². The molecule has 2 aromatic rings. The van der Waals surface area contributed by atoms with Crippen LogP contribution in [0.25, 0.3) is 10.9 Å². The fourth-order valence-corrected chi connectivity index (χ4v) is 1.46. The minimum atomic E-state index is 0.733. The van der Waals surface area contributed by atoms with Gasteiger partial charge in [0.15, 0.2) is 0 Å². The Kier molecular flexibility index (Phi) is 2.67. The smallest absolute Gasteiger partial charge is 0.137 e. The first-order chi connectivity index (χ1) is 7.31. The molecule has 1 heterocycles. The highest BCUT2D eigenvalue weighted by atomic mass is 15.0. The molecule has 0 atom stereocenters. The maximum atomic E-state index is 5.74. The number of nitrogens with zero attached hydrogens (tertiary/aromatic N) is 2. The normalized spacial score (nSPS) is 10.5. The van der Waals surface area contributed by atoms with Crippen molar-refractivity contribution in [2.75, 3.05) is 17.6 Å². The van der Waals surface area contributed by atoms with E-state index in [1.54, 1.807) is 6.33 Å². The molecule has 1 aromatic carbocycles. The van der Waals surface area contributed by atoms with Gasteiger partial charge in [-0.05, 0) is 24.6 Å². The third-order valence-corrected chi connectivity index (χ3v) is 2.20. The predicted molar refractivity (Wildman–Crippen MR) is 62.7 cm³/mol. The summed E-state index contributed by atoms with van der Waals surface area (Å²) in [7, 11) is 0. The molecule has 0 saturated heterocycles. The molecule has 3 N–H and O–H groups in total. The van der Waals surface area contributed by atoms with Crippen LogP contribution in [0.5, 0.6) is 0 Å². The van der Waals surface area contributed by atoms with Crippen LogP contribution in [0.4, 0.5) is 11.5 Å². The highest BCUT2D eigenvalue weighted by Crippen LogP contribution is 2.21. The van der Waals surface area contributed by atoms with Crippen molar-refractivity contribution < 1.29 is 0 Å². The zero-order valence-electron chi connectivity index (χ0n) is 8.70. The van der Waals surface area contributed by atoms with Gasteiger partial charge >= 0.3 is 0 Å². The molecule has 0 aliphatic carbocycles. The summed E-state index contributed by atoms with van der Waals surface area (Å²) in [5, 5.41) is 4.24. The summed E-state index contributed by atoms with van der Waals surface area (Å²) in [4.78, 5) is 8.39. The molecule has 0 amide bonds. The van der Waals surface area contributed by atoms with Crippen molar-refractivity contribution in [3.05, 3.63) is 24.5 Å². The molecule has 15 heavy (non-hydrogen) atoms. The minimum absolute atomic E-state index is 0.733. The highest BCUT2D eigenvalue weighted by molar-refractivity contribution is 5.91. The number of hydrogen-bond donors (Lipinski definition) is 2. The van der Waals surface area contributed by atoms with E-state index in [9.17, 15) is 0 Å². The molecule has 4 nitrogen and oxygen atoms in total. The molecule has 1 aromatic heterocycles. The summed E-state index contributed by atoms with van der Waals surface area (Å²) < 4.78 is 0. The van der Waals surface area contributed by atoms with E-state index in [1.807, 2.05) is 18.2 Å². The Hall–Kier alpha value is -1.84. The second kappa shape index (κ2) is 4.13. The Bertz CT molecular complexity index is 467. The molecule has 0 spiro atoms. The largest absolute Gasteiger partial charge is 0.399 e. The lowest BCUT2D eigenvalue weighted by Crippen LogP contribution is -2.03. The summed E-state index contributed by atoms with van der Waals surface area (Å²) in [6.45, 7) is 3.02. The topological polar surface area (TPSA) is 63.8 Å². The van der Waals surface area contributed by atoms with E-state index in [0.29, 0.717) is 0 Å². The third kappa shape index (κ3) is 1.98. The molecular formula is C11H14N4. The summed E-state index contributed by atoms with van der Waals surface area (Å²) in [6.07, 6.45) is 2.63. The van der Waals surface area contributed by atoms with Crippen LogP contribution in [0.15, 0.2) is 24.5 Å². The zero-order valence-corrected chi connectivity index (χ0v) is 8.70. The van der Waals surface area contributed by atoms with E-state index in [2.05, 4.69) is 22.2 Å². The molecule has 0 saturated carbocycles. The molecule has 0 radical (unpaired) electrons. The lowest BCUT2D eigenvalue weighted by Gasteiger charge is -2.07. The Balaban J connectivity index is 2.48. The van der Waals surface area contributed by atoms with Gasteiger partial charge in [-0.15, -0.1) is 0 Å². The molecule has 0 bridgehead atoms. The molecule has 78 valence electrons. The number of aromatic nitrogens is 2. The van der Waals surface area contributed by atoms with Gasteiger partial charge in [-0.2, -0.15) is 0 Å². The number of rotatable bonds is 3. The number of fused-ring (bicyclic) bond motifs is 1. The van der Waals surface area contributed by atoms with Gasteiger partial charge in [-0.3, -0.25) is 0 Å². The van der Waals surface area contributed by atoms with Crippen LogP contribution in [0.1, 0.15) is 13.3 Å². The standard InChI is InChI=1S/C11H14N4/c1-2-5-13-11-9-6-8(12)3-4-10(9)14-7-15-11/h3-4,6-7H,2,5,12H2,1H3,(H,13,14,15). The quantitative estimate of drug-likeness (QED) is 0.747. The van der Waals surface area contributed by atoms with Crippen molar-refractivity contribution in [1.82, 2.24) is 9.97 Å². The molecule has 2 rings (SSSR count). The van der Waals surface area contributed by atoms with E-state index in [1.165, 1.54) is 0 Å². The van der Waals surface area contributed by atoms with E-state index >= 15 is 0 Å². The second-order valence-corrected chi connectivity index (χ2v) is 3.43. The Morgan fingerprint density at radius 1 is 1.33 bits per heavy atom. The second-order valence-electron chi connectivity index (χ2n) is 3.43. The first kappa shape index (κ1) is 9.71. The number of hydrogen-bond acceptors (Lipinski definition) is 4. The lowest BCUT2D eigenvalue weighted by atomic mass is 10.2. The molecule has 0 fully saturated rings. The first-order valence-electron chi connectivity index (χ1n) is 5.05. The van der Waals surface area contributed by atoms with E-state index in [-0.39, 0.29) is 0 Å². The Morgan fingerprint density at radius 2 is 2.20 bits per heavy atom. The summed E-state index contributed by atoms with van der Waals surface area (Å²) >= 11 is 0. The number of nitrogens with one attached hydrogen (secondary N) is 1. The monoisotopic (exact) mass is 202 g/mol. The fraction of sp³-hybridized carbons (Fsp3) is 0.273. The van der Waals surface area contributed by atoms with Crippen LogP contribution in [0.2, 0.25) is 0 Å². The van der Waals surface area contributed by atoms with Crippen molar-refractivity contribution in [3.63, 3.8) is 0 Å². The SMILES string of the molecule is CCCNc1ncnc2ccc(N)cc12. The van der Waals surface area contributed by atoms with Crippen molar-refractivity contribution in [2.45, 2.75) is 13.3 Å². The molecule has 0 aliphatic heterocycles. The Morgan fingerprint density at radius 3 is 3.00 bits per heavy atom. The highest BCUT2D eigenvalue weighted by Gasteiger charge is 2.02. The van der Waals surface area contributed by atoms with E-state index < -0.39 is 0 Å². The molecule has 4 heteroatoms. The minimum Gasteiger partial charge on any atom is -0.399 e. The number of anilines is 2.